The summed E-state index contributed by atoms with van der Waals surface area (Å²) in [5.74, 6) is 0. The van der Waals surface area contributed by atoms with Crippen LogP contribution in [0.1, 0.15) is 5.69 Å². The monoisotopic (exact) mass is 344 g/mol. The van der Waals surface area contributed by atoms with Crippen molar-refractivity contribution in [2.45, 2.75) is 6.92 Å². The van der Waals surface area contributed by atoms with E-state index >= 15 is 0 Å². The summed E-state index contributed by atoms with van der Waals surface area (Å²) < 4.78 is 0. The Balaban J connectivity index is 2.09. The van der Waals surface area contributed by atoms with Gasteiger partial charge in [0.2, 0.25) is 5.43 Å². The van der Waals surface area contributed by atoms with E-state index < -0.39 is 0 Å². The Morgan fingerprint density at radius 3 is 2.16 bits per heavy atom. The molecule has 0 unspecified atom stereocenters. The third kappa shape index (κ3) is 2.71. The number of benzene rings is 2. The van der Waals surface area contributed by atoms with Gasteiger partial charge in [-0.15, -0.1) is 11.3 Å². The number of anilines is 1. The minimum absolute atomic E-state index is 0.154. The van der Waals surface area contributed by atoms with Crippen LogP contribution >= 0.6 is 11.3 Å². The maximum absolute atomic E-state index is 13.1. The van der Waals surface area contributed by atoms with Crippen molar-refractivity contribution in [2.24, 2.45) is 0 Å². The van der Waals surface area contributed by atoms with E-state index in [-0.39, 0.29) is 11.1 Å². The molecule has 2 aromatic carbocycles. The molecule has 0 saturated carbocycles. The number of hydrogen-bond acceptors (Lipinski definition) is 4. The third-order valence-electron chi connectivity index (χ3n) is 4.15. The first-order valence-corrected chi connectivity index (χ1v) is 8.81. The summed E-state index contributed by atoms with van der Waals surface area (Å²) in [6.45, 7) is 1.95. The van der Waals surface area contributed by atoms with E-state index in [1.807, 2.05) is 73.7 Å². The Morgan fingerprint density at radius 2 is 1.52 bits per heavy atom. The first-order chi connectivity index (χ1) is 12.1. The Morgan fingerprint density at radius 1 is 0.920 bits per heavy atom. The molecule has 4 heteroatoms. The van der Waals surface area contributed by atoms with Gasteiger partial charge in [-0.1, -0.05) is 60.7 Å². The highest BCUT2D eigenvalue weighted by molar-refractivity contribution is 7.21. The molecule has 0 bridgehead atoms. The molecule has 0 saturated heterocycles. The number of pyridine rings is 1. The van der Waals surface area contributed by atoms with Crippen LogP contribution in [0, 0.1) is 6.92 Å². The van der Waals surface area contributed by atoms with Crippen LogP contribution in [0.3, 0.4) is 0 Å². The number of nitrogens with zero attached hydrogens (tertiary/aromatic N) is 1. The van der Waals surface area contributed by atoms with Gasteiger partial charge in [0.25, 0.3) is 0 Å². The van der Waals surface area contributed by atoms with Crippen LogP contribution in [-0.2, 0) is 0 Å². The number of fused-ring (bicyclic) bond motifs is 1. The van der Waals surface area contributed by atoms with Crippen LogP contribution in [0.25, 0.3) is 31.8 Å². The van der Waals surface area contributed by atoms with Gasteiger partial charge < -0.3 is 5.73 Å². The van der Waals surface area contributed by atoms with Crippen LogP contribution in [0.15, 0.2) is 71.5 Å². The fourth-order valence-corrected chi connectivity index (χ4v) is 4.12. The van der Waals surface area contributed by atoms with Crippen molar-refractivity contribution in [3.05, 3.63) is 82.6 Å². The maximum atomic E-state index is 13.1. The lowest BCUT2D eigenvalue weighted by atomic mass is 10.0. The van der Waals surface area contributed by atoms with Crippen LogP contribution in [0.4, 0.5) is 5.69 Å². The van der Waals surface area contributed by atoms with Crippen LogP contribution in [0.2, 0.25) is 0 Å². The second-order valence-corrected chi connectivity index (χ2v) is 6.90. The first-order valence-electron chi connectivity index (χ1n) is 8.00. The molecule has 4 rings (SSSR count). The molecular weight excluding hydrogens is 328 g/mol. The van der Waals surface area contributed by atoms with Crippen molar-refractivity contribution in [1.29, 1.82) is 0 Å². The fourth-order valence-electron chi connectivity index (χ4n) is 2.98. The van der Waals surface area contributed by atoms with E-state index in [1.165, 1.54) is 11.3 Å². The molecule has 0 radical (unpaired) electrons. The van der Waals surface area contributed by atoms with Gasteiger partial charge in [-0.2, -0.15) is 0 Å². The van der Waals surface area contributed by atoms with Gasteiger partial charge in [0.15, 0.2) is 0 Å². The average Bonchev–Trinajstić information content (AvgIpc) is 2.65. The minimum Gasteiger partial charge on any atom is -0.394 e. The number of nitrogen functional groups attached to an aromatic ring is 1. The fraction of sp³-hybridized carbons (Fsp3) is 0.0476. The van der Waals surface area contributed by atoms with Crippen molar-refractivity contribution < 1.29 is 0 Å². The van der Waals surface area contributed by atoms with Crippen molar-refractivity contribution in [3.63, 3.8) is 0 Å². The van der Waals surface area contributed by atoms with Crippen molar-refractivity contribution in [2.75, 3.05) is 5.73 Å². The second kappa shape index (κ2) is 6.15. The standard InChI is InChI=1S/C21H16N2OS/c1-13-12-16(14-8-4-2-5-9-14)17-19(24)18(22)20(25-21(17)23-13)15-10-6-3-7-11-15/h2-12H,22H2,1H3. The minimum atomic E-state index is -0.154. The summed E-state index contributed by atoms with van der Waals surface area (Å²) in [5.41, 5.74) is 10.1. The lowest BCUT2D eigenvalue weighted by Crippen LogP contribution is -2.11. The summed E-state index contributed by atoms with van der Waals surface area (Å²) in [4.78, 5) is 19.2. The summed E-state index contributed by atoms with van der Waals surface area (Å²) in [6, 6.07) is 21.6. The maximum Gasteiger partial charge on any atom is 0.213 e. The van der Waals surface area contributed by atoms with Gasteiger partial charge in [0.05, 0.1) is 16.0 Å². The zero-order chi connectivity index (χ0) is 17.4. The number of rotatable bonds is 2. The average molecular weight is 344 g/mol. The summed E-state index contributed by atoms with van der Waals surface area (Å²) in [7, 11) is 0. The molecule has 25 heavy (non-hydrogen) atoms. The number of nitrogens with two attached hydrogens (primary N) is 1. The van der Waals surface area contributed by atoms with Gasteiger partial charge in [-0.05, 0) is 29.7 Å². The van der Waals surface area contributed by atoms with Crippen molar-refractivity contribution in [3.8, 4) is 21.6 Å². The Labute approximate surface area is 149 Å². The summed E-state index contributed by atoms with van der Waals surface area (Å²) in [5, 5.41) is 0.596. The molecule has 0 atom stereocenters. The molecule has 2 N–H and O–H groups in total. The van der Waals surface area contributed by atoms with Gasteiger partial charge in [0, 0.05) is 5.69 Å². The first kappa shape index (κ1) is 15.5. The van der Waals surface area contributed by atoms with Gasteiger partial charge >= 0.3 is 0 Å². The highest BCUT2D eigenvalue weighted by Gasteiger charge is 2.16. The van der Waals surface area contributed by atoms with Gasteiger partial charge in [-0.3, -0.25) is 4.79 Å². The largest absolute Gasteiger partial charge is 0.394 e. The van der Waals surface area contributed by atoms with E-state index in [1.54, 1.807) is 0 Å². The van der Waals surface area contributed by atoms with Crippen molar-refractivity contribution in [1.82, 2.24) is 4.98 Å². The van der Waals surface area contributed by atoms with E-state index in [4.69, 9.17) is 5.73 Å². The molecule has 0 aliphatic carbocycles. The third-order valence-corrected chi connectivity index (χ3v) is 5.30. The van der Waals surface area contributed by atoms with Crippen LogP contribution in [0.5, 0.6) is 0 Å². The van der Waals surface area contributed by atoms with E-state index in [9.17, 15) is 4.79 Å². The molecule has 0 amide bonds. The number of aryl methyl sites for hydroxylation is 1. The normalized spacial score (nSPS) is 10.9. The quantitative estimate of drug-likeness (QED) is 0.564. The second-order valence-electron chi connectivity index (χ2n) is 5.90. The molecular formula is C21H16N2OS. The molecule has 0 spiro atoms. The zero-order valence-electron chi connectivity index (χ0n) is 13.7. The number of hydrogen-bond donors (Lipinski definition) is 1. The highest BCUT2D eigenvalue weighted by atomic mass is 32.1. The molecule has 0 aliphatic heterocycles. The van der Waals surface area contributed by atoms with E-state index in [0.29, 0.717) is 5.39 Å². The molecule has 0 aliphatic rings. The molecule has 2 aromatic heterocycles. The van der Waals surface area contributed by atoms with E-state index in [0.717, 1.165) is 32.1 Å². The summed E-state index contributed by atoms with van der Waals surface area (Å²) in [6.07, 6.45) is 0. The van der Waals surface area contributed by atoms with Crippen LogP contribution < -0.4 is 11.2 Å². The number of aromatic nitrogens is 1. The van der Waals surface area contributed by atoms with E-state index in [2.05, 4.69) is 4.98 Å². The Bertz CT molecular complexity index is 1120. The molecule has 4 aromatic rings. The zero-order valence-corrected chi connectivity index (χ0v) is 14.5. The molecule has 2 heterocycles. The Hall–Kier alpha value is -2.98. The predicted octanol–water partition coefficient (Wildman–Crippen LogP) is 4.88. The van der Waals surface area contributed by atoms with Gasteiger partial charge in [-0.25, -0.2) is 4.98 Å². The molecule has 122 valence electrons. The highest BCUT2D eigenvalue weighted by Crippen LogP contribution is 2.35. The Kier molecular flexibility index (Phi) is 3.82. The topological polar surface area (TPSA) is 56.0 Å². The molecule has 3 nitrogen and oxygen atoms in total. The predicted molar refractivity (Wildman–Crippen MR) is 106 cm³/mol. The lowest BCUT2D eigenvalue weighted by molar-refractivity contribution is 1.27. The lowest BCUT2D eigenvalue weighted by Gasteiger charge is -2.11. The van der Waals surface area contributed by atoms with Crippen LogP contribution in [-0.4, -0.2) is 4.98 Å². The smallest absolute Gasteiger partial charge is 0.213 e. The van der Waals surface area contributed by atoms with Gasteiger partial charge in [0.1, 0.15) is 4.83 Å². The molecule has 0 fully saturated rings. The van der Waals surface area contributed by atoms with Crippen molar-refractivity contribution >= 4 is 27.2 Å². The summed E-state index contributed by atoms with van der Waals surface area (Å²) >= 11 is 1.47. The SMILES string of the molecule is Cc1cc(-c2ccccc2)c2c(=O)c(N)c(-c3ccccc3)sc2n1.